The van der Waals surface area contributed by atoms with Gasteiger partial charge in [0, 0.05) is 12.1 Å². The molecule has 2 unspecified atom stereocenters. The van der Waals surface area contributed by atoms with Crippen LogP contribution in [0, 0.1) is 11.7 Å². The summed E-state index contributed by atoms with van der Waals surface area (Å²) in [4.78, 5) is 4.27. The molecule has 1 fully saturated rings. The number of benzene rings is 1. The van der Waals surface area contributed by atoms with Gasteiger partial charge >= 0.3 is 0 Å². The van der Waals surface area contributed by atoms with Crippen LogP contribution in [0.4, 0.5) is 10.3 Å². The highest BCUT2D eigenvalue weighted by Crippen LogP contribution is 2.36. The molecule has 2 aromatic rings. The van der Waals surface area contributed by atoms with Gasteiger partial charge in [0.05, 0.1) is 11.0 Å². The molecule has 0 spiro atoms. The number of hydrogen-bond acceptors (Lipinski definition) is 2. The molecular weight excluding hydrogens is 229 g/mol. The number of anilines is 1. The molecule has 0 bridgehead atoms. The van der Waals surface area contributed by atoms with Gasteiger partial charge in [-0.25, -0.2) is 9.37 Å². The average molecular weight is 247 g/mol. The number of halogens is 1. The number of nitrogen functional groups attached to an aromatic ring is 1. The lowest BCUT2D eigenvalue weighted by atomic mass is 9.87. The van der Waals surface area contributed by atoms with Crippen molar-refractivity contribution in [2.45, 2.75) is 38.6 Å². The van der Waals surface area contributed by atoms with Crippen molar-refractivity contribution in [2.24, 2.45) is 5.92 Å². The quantitative estimate of drug-likeness (QED) is 0.838. The van der Waals surface area contributed by atoms with E-state index in [-0.39, 0.29) is 5.82 Å². The Morgan fingerprint density at radius 2 is 2.22 bits per heavy atom. The SMILES string of the molecule is CC1CCCC(n2c(N)nc3cc(F)ccc32)C1. The lowest BCUT2D eigenvalue weighted by Gasteiger charge is -2.28. The van der Waals surface area contributed by atoms with Crippen LogP contribution in [-0.2, 0) is 0 Å². The van der Waals surface area contributed by atoms with E-state index in [9.17, 15) is 4.39 Å². The number of nitrogens with zero attached hydrogens (tertiary/aromatic N) is 2. The molecule has 1 aromatic carbocycles. The van der Waals surface area contributed by atoms with Gasteiger partial charge in [-0.05, 0) is 30.9 Å². The van der Waals surface area contributed by atoms with E-state index in [0.29, 0.717) is 17.5 Å². The summed E-state index contributed by atoms with van der Waals surface area (Å²) in [5, 5.41) is 0. The Bertz CT molecular complexity index is 576. The molecule has 1 heterocycles. The Morgan fingerprint density at radius 3 is 3.00 bits per heavy atom. The Hall–Kier alpha value is -1.58. The van der Waals surface area contributed by atoms with Crippen molar-refractivity contribution in [3.8, 4) is 0 Å². The van der Waals surface area contributed by atoms with Gasteiger partial charge in [0.15, 0.2) is 0 Å². The predicted octanol–water partition coefficient (Wildman–Crippen LogP) is 3.51. The molecule has 96 valence electrons. The molecule has 3 rings (SSSR count). The molecule has 3 nitrogen and oxygen atoms in total. The predicted molar refractivity (Wildman–Crippen MR) is 70.8 cm³/mol. The molecule has 2 N–H and O–H groups in total. The van der Waals surface area contributed by atoms with Crippen LogP contribution in [0.1, 0.15) is 38.6 Å². The zero-order valence-corrected chi connectivity index (χ0v) is 10.6. The van der Waals surface area contributed by atoms with Crippen molar-refractivity contribution in [3.05, 3.63) is 24.0 Å². The first-order chi connectivity index (χ1) is 8.65. The summed E-state index contributed by atoms with van der Waals surface area (Å²) in [7, 11) is 0. The number of imidazole rings is 1. The molecule has 2 atom stereocenters. The highest BCUT2D eigenvalue weighted by atomic mass is 19.1. The summed E-state index contributed by atoms with van der Waals surface area (Å²) in [6.45, 7) is 2.28. The fourth-order valence-corrected chi connectivity index (χ4v) is 3.11. The highest BCUT2D eigenvalue weighted by molar-refractivity contribution is 5.78. The summed E-state index contributed by atoms with van der Waals surface area (Å²) >= 11 is 0. The van der Waals surface area contributed by atoms with Crippen molar-refractivity contribution < 1.29 is 4.39 Å². The zero-order valence-electron chi connectivity index (χ0n) is 10.6. The zero-order chi connectivity index (χ0) is 12.7. The van der Waals surface area contributed by atoms with Gasteiger partial charge in [-0.3, -0.25) is 0 Å². The van der Waals surface area contributed by atoms with E-state index in [1.165, 1.54) is 25.0 Å². The molecule has 0 radical (unpaired) electrons. The van der Waals surface area contributed by atoms with Crippen LogP contribution in [-0.4, -0.2) is 9.55 Å². The lowest BCUT2D eigenvalue weighted by Crippen LogP contribution is -2.19. The van der Waals surface area contributed by atoms with E-state index in [1.807, 2.05) is 0 Å². The molecule has 1 aromatic heterocycles. The van der Waals surface area contributed by atoms with Crippen LogP contribution in [0.15, 0.2) is 18.2 Å². The largest absolute Gasteiger partial charge is 0.369 e. The second-order valence-corrected chi connectivity index (χ2v) is 5.40. The Balaban J connectivity index is 2.07. The standard InChI is InChI=1S/C14H18FN3/c1-9-3-2-4-11(7-9)18-13-6-5-10(15)8-12(13)17-14(18)16/h5-6,8-9,11H,2-4,7H2,1H3,(H2,16,17). The van der Waals surface area contributed by atoms with E-state index in [1.54, 1.807) is 6.07 Å². The molecule has 0 amide bonds. The fraction of sp³-hybridized carbons (Fsp3) is 0.500. The van der Waals surface area contributed by atoms with E-state index >= 15 is 0 Å². The van der Waals surface area contributed by atoms with Gasteiger partial charge < -0.3 is 10.3 Å². The Kier molecular flexibility index (Phi) is 2.73. The number of fused-ring (bicyclic) bond motifs is 1. The van der Waals surface area contributed by atoms with Crippen molar-refractivity contribution in [2.75, 3.05) is 5.73 Å². The van der Waals surface area contributed by atoms with Crippen LogP contribution >= 0.6 is 0 Å². The second kappa shape index (κ2) is 4.26. The van der Waals surface area contributed by atoms with Gasteiger partial charge in [-0.15, -0.1) is 0 Å². The summed E-state index contributed by atoms with van der Waals surface area (Å²) in [5.74, 6) is 0.972. The Labute approximate surface area is 106 Å². The van der Waals surface area contributed by atoms with Crippen LogP contribution < -0.4 is 5.73 Å². The van der Waals surface area contributed by atoms with Crippen molar-refractivity contribution in [1.82, 2.24) is 9.55 Å². The minimum Gasteiger partial charge on any atom is -0.369 e. The first-order valence-corrected chi connectivity index (χ1v) is 6.58. The van der Waals surface area contributed by atoms with Gasteiger partial charge in [0.25, 0.3) is 0 Å². The third-order valence-corrected chi connectivity index (χ3v) is 3.95. The van der Waals surface area contributed by atoms with Crippen molar-refractivity contribution in [1.29, 1.82) is 0 Å². The van der Waals surface area contributed by atoms with Crippen LogP contribution in [0.2, 0.25) is 0 Å². The first-order valence-electron chi connectivity index (χ1n) is 6.58. The first kappa shape index (κ1) is 11.5. The molecular formula is C14H18FN3. The van der Waals surface area contributed by atoms with Gasteiger partial charge in [-0.2, -0.15) is 0 Å². The smallest absolute Gasteiger partial charge is 0.201 e. The monoisotopic (exact) mass is 247 g/mol. The molecule has 0 saturated heterocycles. The highest BCUT2D eigenvalue weighted by Gasteiger charge is 2.23. The minimum atomic E-state index is -0.260. The van der Waals surface area contributed by atoms with Crippen LogP contribution in [0.5, 0.6) is 0 Å². The topological polar surface area (TPSA) is 43.8 Å². The maximum Gasteiger partial charge on any atom is 0.201 e. The summed E-state index contributed by atoms with van der Waals surface area (Å²) in [6, 6.07) is 5.12. The molecule has 1 saturated carbocycles. The van der Waals surface area contributed by atoms with E-state index in [4.69, 9.17) is 5.73 Å². The minimum absolute atomic E-state index is 0.260. The normalized spacial score (nSPS) is 24.6. The molecule has 18 heavy (non-hydrogen) atoms. The van der Waals surface area contributed by atoms with Crippen LogP contribution in [0.3, 0.4) is 0 Å². The maximum atomic E-state index is 13.2. The third-order valence-electron chi connectivity index (χ3n) is 3.95. The molecule has 4 heteroatoms. The van der Waals surface area contributed by atoms with Crippen molar-refractivity contribution in [3.63, 3.8) is 0 Å². The molecule has 0 aliphatic heterocycles. The maximum absolute atomic E-state index is 13.2. The summed E-state index contributed by atoms with van der Waals surface area (Å²) in [5.41, 5.74) is 7.62. The fourth-order valence-electron chi connectivity index (χ4n) is 3.11. The summed E-state index contributed by atoms with van der Waals surface area (Å²) < 4.78 is 15.3. The number of nitrogens with two attached hydrogens (primary N) is 1. The summed E-state index contributed by atoms with van der Waals surface area (Å²) in [6.07, 6.45) is 4.79. The average Bonchev–Trinajstić information content (AvgIpc) is 2.64. The van der Waals surface area contributed by atoms with E-state index in [0.717, 1.165) is 24.3 Å². The number of hydrogen-bond donors (Lipinski definition) is 1. The van der Waals surface area contributed by atoms with Crippen molar-refractivity contribution >= 4 is 17.0 Å². The second-order valence-electron chi connectivity index (χ2n) is 5.40. The molecule has 1 aliphatic carbocycles. The van der Waals surface area contributed by atoms with Gasteiger partial charge in [0.1, 0.15) is 5.82 Å². The molecule has 1 aliphatic rings. The van der Waals surface area contributed by atoms with E-state index < -0.39 is 0 Å². The van der Waals surface area contributed by atoms with Gasteiger partial charge in [0.2, 0.25) is 5.95 Å². The lowest BCUT2D eigenvalue weighted by molar-refractivity contribution is 0.289. The number of rotatable bonds is 1. The van der Waals surface area contributed by atoms with Gasteiger partial charge in [-0.1, -0.05) is 19.8 Å². The van der Waals surface area contributed by atoms with Crippen LogP contribution in [0.25, 0.3) is 11.0 Å². The Morgan fingerprint density at radius 1 is 1.39 bits per heavy atom. The number of aromatic nitrogens is 2. The van der Waals surface area contributed by atoms with E-state index in [2.05, 4.69) is 16.5 Å². The third kappa shape index (κ3) is 1.85.